The highest BCUT2D eigenvalue weighted by molar-refractivity contribution is 6.85. The molecule has 21 heavy (non-hydrogen) atoms. The van der Waals surface area contributed by atoms with E-state index in [0.717, 1.165) is 0 Å². The van der Waals surface area contributed by atoms with Gasteiger partial charge in [0.2, 0.25) is 0 Å². The Morgan fingerprint density at radius 3 is 1.29 bits per heavy atom. The zero-order chi connectivity index (χ0) is 14.1. The first-order valence-electron chi connectivity index (χ1n) is 7.60. The first-order chi connectivity index (χ1) is 10.4. The number of hydrogen-bond acceptors (Lipinski definition) is 0. The van der Waals surface area contributed by atoms with Crippen LogP contribution < -0.4 is 5.46 Å². The summed E-state index contributed by atoms with van der Waals surface area (Å²) in [5, 5.41) is 0. The third-order valence-electron chi connectivity index (χ3n) is 4.57. The molecule has 4 rings (SSSR count). The lowest BCUT2D eigenvalue weighted by molar-refractivity contribution is 1.03. The Morgan fingerprint density at radius 1 is 0.476 bits per heavy atom. The summed E-state index contributed by atoms with van der Waals surface area (Å²) in [6.45, 7) is 0.607. The summed E-state index contributed by atoms with van der Waals surface area (Å²) in [5.41, 5.74) is 4.38. The predicted molar refractivity (Wildman–Crippen MR) is 90.2 cm³/mol. The number of benzene rings is 3. The van der Waals surface area contributed by atoms with Crippen molar-refractivity contribution in [3.8, 4) is 0 Å². The van der Waals surface area contributed by atoms with Crippen molar-refractivity contribution in [1.82, 2.24) is 0 Å². The molecule has 0 aliphatic carbocycles. The molecule has 0 N–H and O–H groups in total. The van der Waals surface area contributed by atoms with Crippen LogP contribution in [0.4, 0.5) is 0 Å². The summed E-state index contributed by atoms with van der Waals surface area (Å²) in [6.07, 6.45) is 0. The van der Waals surface area contributed by atoms with Gasteiger partial charge in [0.15, 0.2) is 6.71 Å². The summed E-state index contributed by atoms with van der Waals surface area (Å²) >= 11 is 0. The molecule has 0 spiro atoms. The summed E-state index contributed by atoms with van der Waals surface area (Å²) in [6, 6.07) is 32.8. The maximum Gasteiger partial charge on any atom is 0.190 e. The van der Waals surface area contributed by atoms with Crippen LogP contribution in [0, 0.1) is 0 Å². The predicted octanol–water partition coefficient (Wildman–Crippen LogP) is 4.05. The van der Waals surface area contributed by atoms with Gasteiger partial charge in [-0.2, -0.15) is 0 Å². The van der Waals surface area contributed by atoms with E-state index in [4.69, 9.17) is 0 Å². The van der Waals surface area contributed by atoms with Crippen molar-refractivity contribution in [2.24, 2.45) is 0 Å². The zero-order valence-corrected chi connectivity index (χ0v) is 11.9. The van der Waals surface area contributed by atoms with E-state index < -0.39 is 0 Å². The molecule has 1 aliphatic rings. The lowest BCUT2D eigenvalue weighted by Gasteiger charge is -2.01. The maximum absolute atomic E-state index is 2.27. The average Bonchev–Trinajstić information content (AvgIpc) is 3.33. The third kappa shape index (κ3) is 2.29. The number of hydrogen-bond donors (Lipinski definition) is 0. The van der Waals surface area contributed by atoms with Crippen molar-refractivity contribution < 1.29 is 0 Å². The first-order valence-corrected chi connectivity index (χ1v) is 7.60. The molecule has 2 atom stereocenters. The average molecular weight is 268 g/mol. The van der Waals surface area contributed by atoms with Crippen molar-refractivity contribution in [3.63, 3.8) is 0 Å². The lowest BCUT2D eigenvalue weighted by Crippen LogP contribution is -2.18. The van der Waals surface area contributed by atoms with Crippen LogP contribution in [-0.4, -0.2) is 6.71 Å². The molecule has 1 aliphatic heterocycles. The lowest BCUT2D eigenvalue weighted by atomic mass is 9.57. The van der Waals surface area contributed by atoms with Crippen LogP contribution in [-0.2, 0) is 0 Å². The van der Waals surface area contributed by atoms with Gasteiger partial charge in [0, 0.05) is 0 Å². The van der Waals surface area contributed by atoms with Crippen LogP contribution in [0.2, 0.25) is 0 Å². The van der Waals surface area contributed by atoms with E-state index in [2.05, 4.69) is 91.0 Å². The molecular formula is C20H17B. The van der Waals surface area contributed by atoms with Crippen LogP contribution in [0.5, 0.6) is 0 Å². The van der Waals surface area contributed by atoms with E-state index >= 15 is 0 Å². The Morgan fingerprint density at radius 2 is 0.857 bits per heavy atom. The van der Waals surface area contributed by atoms with Gasteiger partial charge < -0.3 is 0 Å². The minimum absolute atomic E-state index is 0.607. The molecule has 0 saturated carbocycles. The fourth-order valence-electron chi connectivity index (χ4n) is 3.58. The Labute approximate surface area is 126 Å². The Bertz CT molecular complexity index is 597. The highest BCUT2D eigenvalue weighted by Crippen LogP contribution is 2.52. The van der Waals surface area contributed by atoms with Gasteiger partial charge in [-0.1, -0.05) is 108 Å². The topological polar surface area (TPSA) is 0 Å². The van der Waals surface area contributed by atoms with Crippen molar-refractivity contribution in [2.75, 3.05) is 0 Å². The van der Waals surface area contributed by atoms with Gasteiger partial charge in [0.1, 0.15) is 0 Å². The minimum Gasteiger partial charge on any atom is -0.0788 e. The zero-order valence-electron chi connectivity index (χ0n) is 11.9. The van der Waals surface area contributed by atoms with Crippen molar-refractivity contribution in [2.45, 2.75) is 11.6 Å². The van der Waals surface area contributed by atoms with Gasteiger partial charge in [-0.3, -0.25) is 0 Å². The molecule has 3 aromatic carbocycles. The molecule has 0 bridgehead atoms. The fourth-order valence-corrected chi connectivity index (χ4v) is 3.58. The monoisotopic (exact) mass is 268 g/mol. The normalized spacial score (nSPS) is 20.3. The summed E-state index contributed by atoms with van der Waals surface area (Å²) < 4.78 is 0. The second kappa shape index (κ2) is 5.25. The molecule has 0 radical (unpaired) electrons. The van der Waals surface area contributed by atoms with Gasteiger partial charge in [0.25, 0.3) is 0 Å². The first kappa shape index (κ1) is 12.5. The van der Waals surface area contributed by atoms with E-state index in [0.29, 0.717) is 18.3 Å². The summed E-state index contributed by atoms with van der Waals surface area (Å²) in [7, 11) is 0. The van der Waals surface area contributed by atoms with Crippen LogP contribution in [0.25, 0.3) is 0 Å². The Hall–Kier alpha value is -2.28. The van der Waals surface area contributed by atoms with Gasteiger partial charge in [0.05, 0.1) is 0 Å². The van der Waals surface area contributed by atoms with E-state index in [9.17, 15) is 0 Å². The third-order valence-corrected chi connectivity index (χ3v) is 4.57. The molecule has 1 fully saturated rings. The van der Waals surface area contributed by atoms with Crippen molar-refractivity contribution >= 4 is 12.2 Å². The highest BCUT2D eigenvalue weighted by atomic mass is 14.3. The molecular weight excluding hydrogens is 251 g/mol. The highest BCUT2D eigenvalue weighted by Gasteiger charge is 2.55. The quantitative estimate of drug-likeness (QED) is 0.629. The van der Waals surface area contributed by atoms with E-state index in [1.165, 1.54) is 16.6 Å². The fraction of sp³-hybridized carbons (Fsp3) is 0.100. The van der Waals surface area contributed by atoms with Crippen LogP contribution >= 0.6 is 0 Å². The molecule has 1 heterocycles. The molecule has 0 amide bonds. The molecule has 0 nitrogen and oxygen atoms in total. The van der Waals surface area contributed by atoms with E-state index in [1.807, 2.05) is 0 Å². The standard InChI is InChI=1S/C20H17B/c1-4-10-16(11-5-1)19-20(17-12-6-2-7-13-17)21(19)18-14-8-3-9-15-18/h1-15,19-20H/t19-,20-/m1/s1. The second-order valence-corrected chi connectivity index (χ2v) is 5.81. The SMILES string of the molecule is c1ccc(B2[C@H](c3ccccc3)[C@H]2c2ccccc2)cc1. The van der Waals surface area contributed by atoms with Gasteiger partial charge in [-0.25, -0.2) is 0 Å². The largest absolute Gasteiger partial charge is 0.190 e. The molecule has 0 unspecified atom stereocenters. The molecule has 1 saturated heterocycles. The Kier molecular flexibility index (Phi) is 3.12. The van der Waals surface area contributed by atoms with E-state index in [1.54, 1.807) is 0 Å². The van der Waals surface area contributed by atoms with Gasteiger partial charge in [-0.05, 0) is 11.6 Å². The van der Waals surface area contributed by atoms with Crippen LogP contribution in [0.15, 0.2) is 91.0 Å². The molecule has 100 valence electrons. The molecule has 3 aromatic rings. The van der Waals surface area contributed by atoms with E-state index in [-0.39, 0.29) is 0 Å². The van der Waals surface area contributed by atoms with Crippen molar-refractivity contribution in [3.05, 3.63) is 102 Å². The summed E-state index contributed by atoms with van der Waals surface area (Å²) in [5.74, 6) is 1.21. The minimum atomic E-state index is 0.607. The summed E-state index contributed by atoms with van der Waals surface area (Å²) in [4.78, 5) is 0. The smallest absolute Gasteiger partial charge is 0.0788 e. The Balaban J connectivity index is 1.74. The van der Waals surface area contributed by atoms with Crippen LogP contribution in [0.1, 0.15) is 22.8 Å². The van der Waals surface area contributed by atoms with Crippen LogP contribution in [0.3, 0.4) is 0 Å². The second-order valence-electron chi connectivity index (χ2n) is 5.81. The molecule has 0 aromatic heterocycles. The number of rotatable bonds is 3. The van der Waals surface area contributed by atoms with Crippen molar-refractivity contribution in [1.29, 1.82) is 0 Å². The van der Waals surface area contributed by atoms with Gasteiger partial charge >= 0.3 is 0 Å². The molecule has 1 heteroatoms. The maximum atomic E-state index is 2.27. The van der Waals surface area contributed by atoms with Gasteiger partial charge in [-0.15, -0.1) is 0 Å².